The van der Waals surface area contributed by atoms with Crippen molar-refractivity contribution in [3.63, 3.8) is 0 Å². The monoisotopic (exact) mass is 316 g/mol. The summed E-state index contributed by atoms with van der Waals surface area (Å²) >= 11 is 7.34. The van der Waals surface area contributed by atoms with E-state index in [-0.39, 0.29) is 5.82 Å². The van der Waals surface area contributed by atoms with Crippen LogP contribution in [0.5, 0.6) is 0 Å². The van der Waals surface area contributed by atoms with Crippen molar-refractivity contribution in [1.82, 2.24) is 0 Å². The van der Waals surface area contributed by atoms with E-state index in [0.29, 0.717) is 0 Å². The molecule has 0 atom stereocenters. The molecule has 4 heteroatoms. The summed E-state index contributed by atoms with van der Waals surface area (Å²) < 4.78 is 12.8. The van der Waals surface area contributed by atoms with Crippen LogP contribution in [0.25, 0.3) is 0 Å². The summed E-state index contributed by atoms with van der Waals surface area (Å²) in [6, 6.07) is 6.93. The molecule has 0 amide bonds. The number of hydrogen-bond donors (Lipinski definition) is 0. The first-order valence-electron chi connectivity index (χ1n) is 2.38. The van der Waals surface area contributed by atoms with Gasteiger partial charge in [0.25, 0.3) is 0 Å². The number of rotatable bonds is 0. The Labute approximate surface area is 84.4 Å². The van der Waals surface area contributed by atoms with Gasteiger partial charge < -0.3 is 0 Å². The van der Waals surface area contributed by atoms with E-state index >= 15 is 0 Å². The standard InChI is InChI=1S/C6H3BrF.BrH.Zn/c7-5-2-1-3-6(8)4-5;;/h2-4H;1H;/q-1;;+2/p-1. The molecule has 1 rings (SSSR count). The van der Waals surface area contributed by atoms with Gasteiger partial charge in [-0.25, -0.2) is 0 Å². The van der Waals surface area contributed by atoms with Crippen molar-refractivity contribution >= 4 is 29.6 Å². The topological polar surface area (TPSA) is 0 Å². The molecule has 0 spiro atoms. The first kappa shape index (κ1) is 10.7. The van der Waals surface area contributed by atoms with Crippen molar-refractivity contribution in [3.05, 3.63) is 34.6 Å². The molecule has 0 aliphatic carbocycles. The average Bonchev–Trinajstić information content (AvgIpc) is 1.91. The predicted molar refractivity (Wildman–Crippen MR) is 41.9 cm³/mol. The van der Waals surface area contributed by atoms with E-state index < -0.39 is 0 Å². The van der Waals surface area contributed by atoms with Crippen LogP contribution in [0.15, 0.2) is 22.7 Å². The molecule has 0 radical (unpaired) electrons. The molecule has 0 aliphatic rings. The van der Waals surface area contributed by atoms with Gasteiger partial charge in [-0.15, -0.1) is 28.1 Å². The first-order valence-corrected chi connectivity index (χ1v) is 10.1. The Kier molecular flexibility index (Phi) is 6.92. The molecular formula is C6H3Br2FZn. The molecule has 0 saturated heterocycles. The number of benzene rings is 1. The van der Waals surface area contributed by atoms with Crippen LogP contribution in [0.2, 0.25) is 0 Å². The summed E-state index contributed by atoms with van der Waals surface area (Å²) in [5.41, 5.74) is 0. The Balaban J connectivity index is 0.000000371. The average molecular weight is 319 g/mol. The van der Waals surface area contributed by atoms with Gasteiger partial charge in [0.2, 0.25) is 0 Å². The predicted octanol–water partition coefficient (Wildman–Crippen LogP) is 3.23. The van der Waals surface area contributed by atoms with Crippen molar-refractivity contribution < 1.29 is 20.7 Å². The van der Waals surface area contributed by atoms with Crippen LogP contribution in [0.4, 0.5) is 4.39 Å². The quantitative estimate of drug-likeness (QED) is 0.509. The molecule has 1 aromatic rings. The molecule has 0 nitrogen and oxygen atoms in total. The van der Waals surface area contributed by atoms with Crippen LogP contribution in [0.3, 0.4) is 0 Å². The molecule has 0 bridgehead atoms. The second kappa shape index (κ2) is 6.44. The van der Waals surface area contributed by atoms with Crippen molar-refractivity contribution in [2.24, 2.45) is 0 Å². The van der Waals surface area contributed by atoms with Crippen LogP contribution < -0.4 is 0 Å². The molecule has 0 heterocycles. The minimum absolute atomic E-state index is 0.264. The van der Waals surface area contributed by atoms with E-state index in [1.165, 1.54) is 28.5 Å². The van der Waals surface area contributed by atoms with Crippen molar-refractivity contribution in [1.29, 1.82) is 0 Å². The van der Waals surface area contributed by atoms with E-state index in [4.69, 9.17) is 0 Å². The van der Waals surface area contributed by atoms with Gasteiger partial charge in [0, 0.05) is 5.82 Å². The summed E-state index contributed by atoms with van der Waals surface area (Å²) in [7, 11) is 0. The maximum absolute atomic E-state index is 12.1. The first-order chi connectivity index (χ1) is 4.79. The fourth-order valence-electron chi connectivity index (χ4n) is 0.416. The van der Waals surface area contributed by atoms with Gasteiger partial charge in [0.05, 0.1) is 0 Å². The van der Waals surface area contributed by atoms with Crippen LogP contribution in [0.1, 0.15) is 0 Å². The second-order valence-electron chi connectivity index (χ2n) is 1.37. The van der Waals surface area contributed by atoms with Gasteiger partial charge in [0.1, 0.15) is 0 Å². The van der Waals surface area contributed by atoms with Gasteiger partial charge in [0.15, 0.2) is 0 Å². The fourth-order valence-corrected chi connectivity index (χ4v) is 0.767. The van der Waals surface area contributed by atoms with Gasteiger partial charge in [-0.05, 0) is 0 Å². The third-order valence-corrected chi connectivity index (χ3v) is 1.18. The Morgan fingerprint density at radius 2 is 2.00 bits per heavy atom. The molecule has 0 aromatic heterocycles. The van der Waals surface area contributed by atoms with Gasteiger partial charge >= 0.3 is 30.0 Å². The van der Waals surface area contributed by atoms with Crippen LogP contribution >= 0.6 is 29.6 Å². The zero-order valence-corrected chi connectivity index (χ0v) is 11.2. The molecular weight excluding hydrogens is 316 g/mol. The third-order valence-electron chi connectivity index (χ3n) is 0.718. The Morgan fingerprint density at radius 3 is 2.30 bits per heavy atom. The molecule has 50 valence electrons. The summed E-state index contributed by atoms with van der Waals surface area (Å²) in [4.78, 5) is 0. The molecule has 0 fully saturated rings. The van der Waals surface area contributed by atoms with E-state index in [0.717, 1.165) is 4.47 Å². The second-order valence-corrected chi connectivity index (χ2v) is 2.29. The van der Waals surface area contributed by atoms with Crippen LogP contribution in [-0.4, -0.2) is 0 Å². The van der Waals surface area contributed by atoms with Gasteiger partial charge in [-0.2, -0.15) is 12.1 Å². The third kappa shape index (κ3) is 4.53. The molecule has 0 unspecified atom stereocenters. The molecule has 0 aliphatic heterocycles. The van der Waals surface area contributed by atoms with Crippen LogP contribution in [0, 0.1) is 11.9 Å². The zero-order chi connectivity index (χ0) is 7.98. The molecule has 0 N–H and O–H groups in total. The fraction of sp³-hybridized carbons (Fsp3) is 0. The van der Waals surface area contributed by atoms with Crippen LogP contribution in [-0.2, 0) is 16.3 Å². The summed E-state index contributed by atoms with van der Waals surface area (Å²) in [5, 5.41) is 0. The molecule has 1 aromatic carbocycles. The Morgan fingerprint density at radius 1 is 1.40 bits per heavy atom. The summed E-state index contributed by atoms with van der Waals surface area (Å²) in [5.74, 6) is -0.264. The number of hydrogen-bond acceptors (Lipinski definition) is 0. The van der Waals surface area contributed by atoms with E-state index in [1.807, 2.05) is 0 Å². The SMILES string of the molecule is Fc1c[c-]cc(Br)c1.[Zn+][Br]. The van der Waals surface area contributed by atoms with Crippen molar-refractivity contribution in [2.45, 2.75) is 0 Å². The normalized spacial score (nSPS) is 8.10. The van der Waals surface area contributed by atoms with Crippen molar-refractivity contribution in [2.75, 3.05) is 0 Å². The summed E-state index contributed by atoms with van der Waals surface area (Å²) in [6.07, 6.45) is 0. The Bertz CT molecular complexity index is 176. The van der Waals surface area contributed by atoms with E-state index in [9.17, 15) is 4.39 Å². The summed E-state index contributed by atoms with van der Waals surface area (Å²) in [6.45, 7) is 0. The maximum atomic E-state index is 12.1. The minimum atomic E-state index is -0.264. The molecule has 10 heavy (non-hydrogen) atoms. The number of halogens is 3. The zero-order valence-electron chi connectivity index (χ0n) is 5.07. The van der Waals surface area contributed by atoms with E-state index in [1.54, 1.807) is 6.07 Å². The van der Waals surface area contributed by atoms with Gasteiger partial charge in [-0.1, -0.05) is 4.47 Å². The molecule has 0 saturated carbocycles. The van der Waals surface area contributed by atoms with Gasteiger partial charge in [-0.3, -0.25) is 4.39 Å². The van der Waals surface area contributed by atoms with Crippen molar-refractivity contribution in [3.8, 4) is 0 Å². The Hall–Kier alpha value is 0.733. The van der Waals surface area contributed by atoms with E-state index in [2.05, 4.69) is 35.6 Å².